The molecule has 66 valence electrons. The lowest BCUT2D eigenvalue weighted by molar-refractivity contribution is 0.320. The minimum Gasteiger partial charge on any atom is -0.488 e. The van der Waals surface area contributed by atoms with Crippen molar-refractivity contribution in [3.63, 3.8) is 0 Å². The van der Waals surface area contributed by atoms with E-state index in [0.29, 0.717) is 13.2 Å². The van der Waals surface area contributed by atoms with E-state index in [1.54, 1.807) is 0 Å². The molecule has 1 aromatic rings. The van der Waals surface area contributed by atoms with Crippen molar-refractivity contribution in [1.29, 1.82) is 0 Å². The van der Waals surface area contributed by atoms with E-state index in [1.807, 2.05) is 13.8 Å². The fourth-order valence-electron chi connectivity index (χ4n) is 0.951. The molecule has 0 amide bonds. The molecule has 0 bridgehead atoms. The fraction of sp³-hybridized carbons (Fsp3) is 0.500. The molecule has 1 rings (SSSR count). The highest BCUT2D eigenvalue weighted by Crippen LogP contribution is 2.17. The highest BCUT2D eigenvalue weighted by atomic mass is 16.5. The van der Waals surface area contributed by atoms with Gasteiger partial charge in [0.1, 0.15) is 12.9 Å². The molecule has 0 spiro atoms. The number of aryl methyl sites for hydroxylation is 2. The predicted octanol–water partition coefficient (Wildman–Crippen LogP) is 0.431. The van der Waals surface area contributed by atoms with E-state index >= 15 is 0 Å². The Labute approximate surface area is 71.8 Å². The molecule has 0 unspecified atom stereocenters. The second kappa shape index (κ2) is 4.01. The van der Waals surface area contributed by atoms with Gasteiger partial charge in [-0.3, -0.25) is 0 Å². The van der Waals surface area contributed by atoms with Crippen LogP contribution < -0.4 is 10.5 Å². The van der Waals surface area contributed by atoms with Gasteiger partial charge < -0.3 is 10.5 Å². The molecule has 12 heavy (non-hydrogen) atoms. The molecule has 0 saturated heterocycles. The van der Waals surface area contributed by atoms with Crippen LogP contribution in [-0.2, 0) is 0 Å². The van der Waals surface area contributed by atoms with E-state index in [9.17, 15) is 0 Å². The summed E-state index contributed by atoms with van der Waals surface area (Å²) in [5.74, 6) is 0.753. The zero-order valence-corrected chi connectivity index (χ0v) is 7.37. The van der Waals surface area contributed by atoms with Crippen LogP contribution in [-0.4, -0.2) is 23.1 Å². The summed E-state index contributed by atoms with van der Waals surface area (Å²) in [6.07, 6.45) is 1.53. The number of nitrogens with two attached hydrogens (primary N) is 1. The summed E-state index contributed by atoms with van der Waals surface area (Å²) in [6.45, 7) is 4.80. The summed E-state index contributed by atoms with van der Waals surface area (Å²) in [5.41, 5.74) is 7.03. The SMILES string of the molecule is Cc1ncnc(C)c1OCCN. The molecule has 0 saturated carbocycles. The number of hydrogen-bond acceptors (Lipinski definition) is 4. The van der Waals surface area contributed by atoms with Crippen molar-refractivity contribution in [3.8, 4) is 5.75 Å². The molecule has 0 fully saturated rings. The summed E-state index contributed by atoms with van der Waals surface area (Å²) in [4.78, 5) is 8.03. The number of aromatic nitrogens is 2. The van der Waals surface area contributed by atoms with Crippen molar-refractivity contribution in [3.05, 3.63) is 17.7 Å². The topological polar surface area (TPSA) is 61.0 Å². The quantitative estimate of drug-likeness (QED) is 0.709. The Morgan fingerprint density at radius 2 is 1.92 bits per heavy atom. The van der Waals surface area contributed by atoms with Crippen molar-refractivity contribution in [2.45, 2.75) is 13.8 Å². The van der Waals surface area contributed by atoms with Crippen molar-refractivity contribution in [1.82, 2.24) is 9.97 Å². The molecule has 0 aliphatic heterocycles. The van der Waals surface area contributed by atoms with Gasteiger partial charge in [-0.15, -0.1) is 0 Å². The maximum Gasteiger partial charge on any atom is 0.161 e. The summed E-state index contributed by atoms with van der Waals surface area (Å²) in [5, 5.41) is 0. The molecule has 0 aliphatic carbocycles. The van der Waals surface area contributed by atoms with Crippen molar-refractivity contribution in [2.75, 3.05) is 13.2 Å². The molecule has 4 nitrogen and oxygen atoms in total. The van der Waals surface area contributed by atoms with Crippen molar-refractivity contribution >= 4 is 0 Å². The average molecular weight is 167 g/mol. The zero-order valence-electron chi connectivity index (χ0n) is 7.37. The molecular formula is C8H13N3O. The standard InChI is InChI=1S/C8H13N3O/c1-6-8(12-4-3-9)7(2)11-5-10-6/h5H,3-4,9H2,1-2H3. The van der Waals surface area contributed by atoms with Gasteiger partial charge in [0.2, 0.25) is 0 Å². The molecule has 1 heterocycles. The highest BCUT2D eigenvalue weighted by molar-refractivity contribution is 5.29. The first-order chi connectivity index (χ1) is 5.75. The largest absolute Gasteiger partial charge is 0.488 e. The first-order valence-electron chi connectivity index (χ1n) is 3.86. The van der Waals surface area contributed by atoms with Crippen LogP contribution in [0.2, 0.25) is 0 Å². The maximum atomic E-state index is 5.37. The van der Waals surface area contributed by atoms with E-state index in [2.05, 4.69) is 9.97 Å². The summed E-state index contributed by atoms with van der Waals surface area (Å²) in [6, 6.07) is 0. The van der Waals surface area contributed by atoms with Gasteiger partial charge in [0.15, 0.2) is 5.75 Å². The molecular weight excluding hydrogens is 154 g/mol. The fourth-order valence-corrected chi connectivity index (χ4v) is 0.951. The Kier molecular flexibility index (Phi) is 2.99. The number of hydrogen-bond donors (Lipinski definition) is 1. The minimum atomic E-state index is 0.508. The van der Waals surface area contributed by atoms with Gasteiger partial charge in [-0.2, -0.15) is 0 Å². The smallest absolute Gasteiger partial charge is 0.161 e. The average Bonchev–Trinajstić information content (AvgIpc) is 2.04. The monoisotopic (exact) mass is 167 g/mol. The first-order valence-corrected chi connectivity index (χ1v) is 3.86. The van der Waals surface area contributed by atoms with Gasteiger partial charge in [0.05, 0.1) is 11.4 Å². The van der Waals surface area contributed by atoms with Crippen LogP contribution >= 0.6 is 0 Å². The number of rotatable bonds is 3. The van der Waals surface area contributed by atoms with Crippen LogP contribution in [0.1, 0.15) is 11.4 Å². The van der Waals surface area contributed by atoms with Gasteiger partial charge in [-0.25, -0.2) is 9.97 Å². The van der Waals surface area contributed by atoms with Gasteiger partial charge in [0, 0.05) is 6.54 Å². The third-order valence-corrected chi connectivity index (χ3v) is 1.52. The van der Waals surface area contributed by atoms with E-state index in [0.717, 1.165) is 17.1 Å². The van der Waals surface area contributed by atoms with Crippen molar-refractivity contribution < 1.29 is 4.74 Å². The highest BCUT2D eigenvalue weighted by Gasteiger charge is 2.03. The van der Waals surface area contributed by atoms with Crippen molar-refractivity contribution in [2.24, 2.45) is 5.73 Å². The second-order valence-electron chi connectivity index (χ2n) is 2.51. The van der Waals surface area contributed by atoms with Crippen LogP contribution in [0.3, 0.4) is 0 Å². The van der Waals surface area contributed by atoms with Gasteiger partial charge in [0.25, 0.3) is 0 Å². The predicted molar refractivity (Wildman–Crippen MR) is 46.1 cm³/mol. The summed E-state index contributed by atoms with van der Waals surface area (Å²) in [7, 11) is 0. The number of nitrogens with zero attached hydrogens (tertiary/aromatic N) is 2. The lowest BCUT2D eigenvalue weighted by Gasteiger charge is -2.08. The van der Waals surface area contributed by atoms with Gasteiger partial charge in [-0.1, -0.05) is 0 Å². The zero-order chi connectivity index (χ0) is 8.97. The van der Waals surface area contributed by atoms with Crippen LogP contribution in [0, 0.1) is 13.8 Å². The molecule has 4 heteroatoms. The maximum absolute atomic E-state index is 5.37. The lowest BCUT2D eigenvalue weighted by Crippen LogP contribution is -2.12. The molecule has 0 aromatic carbocycles. The van der Waals surface area contributed by atoms with Crippen LogP contribution in [0.5, 0.6) is 5.75 Å². The second-order valence-corrected chi connectivity index (χ2v) is 2.51. The van der Waals surface area contributed by atoms with Gasteiger partial charge >= 0.3 is 0 Å². The Morgan fingerprint density at radius 1 is 1.33 bits per heavy atom. The first kappa shape index (κ1) is 8.93. The molecule has 1 aromatic heterocycles. The minimum absolute atomic E-state index is 0.508. The summed E-state index contributed by atoms with van der Waals surface area (Å²) < 4.78 is 5.37. The molecule has 0 radical (unpaired) electrons. The Bertz CT molecular complexity index is 242. The van der Waals surface area contributed by atoms with Crippen LogP contribution in [0.4, 0.5) is 0 Å². The normalized spacial score (nSPS) is 9.92. The Balaban J connectivity index is 2.81. The van der Waals surface area contributed by atoms with Crippen LogP contribution in [0.15, 0.2) is 6.33 Å². The molecule has 2 N–H and O–H groups in total. The lowest BCUT2D eigenvalue weighted by atomic mass is 10.3. The Hall–Kier alpha value is -1.16. The third-order valence-electron chi connectivity index (χ3n) is 1.52. The Morgan fingerprint density at radius 3 is 2.42 bits per heavy atom. The van der Waals surface area contributed by atoms with Gasteiger partial charge in [-0.05, 0) is 13.8 Å². The number of ether oxygens (including phenoxy) is 1. The van der Waals surface area contributed by atoms with E-state index in [-0.39, 0.29) is 0 Å². The molecule has 0 atom stereocenters. The van der Waals surface area contributed by atoms with Crippen LogP contribution in [0.25, 0.3) is 0 Å². The van der Waals surface area contributed by atoms with E-state index in [1.165, 1.54) is 6.33 Å². The van der Waals surface area contributed by atoms with E-state index in [4.69, 9.17) is 10.5 Å². The van der Waals surface area contributed by atoms with E-state index < -0.39 is 0 Å². The summed E-state index contributed by atoms with van der Waals surface area (Å²) >= 11 is 0. The third kappa shape index (κ3) is 1.92. The molecule has 0 aliphatic rings.